The predicted molar refractivity (Wildman–Crippen MR) is 74.3 cm³/mol. The molecule has 2 aromatic rings. The maximum atomic E-state index is 9.72. The van der Waals surface area contributed by atoms with E-state index in [1.165, 1.54) is 5.56 Å². The molecular weight excluding hydrogens is 278 g/mol. The zero-order chi connectivity index (χ0) is 12.3. The molecule has 2 rings (SSSR count). The summed E-state index contributed by atoms with van der Waals surface area (Å²) >= 11 is 3.40. The minimum absolute atomic E-state index is 0.314. The standard InChI is InChI=1S/C14H14BrNO/c1-10-4-2-3-5-13(10)16-9-11-8-12(15)6-7-14(11)17/h2-8,16-17H,9H2,1H3. The van der Waals surface area contributed by atoms with Crippen LogP contribution in [0, 0.1) is 6.92 Å². The Labute approximate surface area is 109 Å². The Morgan fingerprint density at radius 3 is 2.71 bits per heavy atom. The maximum Gasteiger partial charge on any atom is 0.120 e. The number of anilines is 1. The molecule has 2 N–H and O–H groups in total. The van der Waals surface area contributed by atoms with Crippen LogP contribution >= 0.6 is 15.9 Å². The van der Waals surface area contributed by atoms with E-state index in [1.807, 2.05) is 30.3 Å². The fourth-order valence-electron chi connectivity index (χ4n) is 1.66. The van der Waals surface area contributed by atoms with Crippen molar-refractivity contribution in [2.24, 2.45) is 0 Å². The van der Waals surface area contributed by atoms with Gasteiger partial charge in [0, 0.05) is 22.3 Å². The molecule has 0 fully saturated rings. The Morgan fingerprint density at radius 1 is 1.18 bits per heavy atom. The van der Waals surface area contributed by atoms with E-state index in [0.717, 1.165) is 15.7 Å². The first kappa shape index (κ1) is 12.0. The zero-order valence-corrected chi connectivity index (χ0v) is 11.2. The van der Waals surface area contributed by atoms with E-state index < -0.39 is 0 Å². The summed E-state index contributed by atoms with van der Waals surface area (Å²) in [6, 6.07) is 13.5. The van der Waals surface area contributed by atoms with Gasteiger partial charge in [-0.3, -0.25) is 0 Å². The third-order valence-corrected chi connectivity index (χ3v) is 3.15. The highest BCUT2D eigenvalue weighted by atomic mass is 79.9. The number of benzene rings is 2. The normalized spacial score (nSPS) is 10.2. The highest BCUT2D eigenvalue weighted by Crippen LogP contribution is 2.23. The number of rotatable bonds is 3. The summed E-state index contributed by atoms with van der Waals surface area (Å²) in [5, 5.41) is 13.0. The quantitative estimate of drug-likeness (QED) is 0.893. The van der Waals surface area contributed by atoms with E-state index >= 15 is 0 Å². The molecule has 3 heteroatoms. The average Bonchev–Trinajstić information content (AvgIpc) is 2.32. The molecule has 0 saturated carbocycles. The van der Waals surface area contributed by atoms with Gasteiger partial charge in [0.2, 0.25) is 0 Å². The van der Waals surface area contributed by atoms with Gasteiger partial charge in [-0.15, -0.1) is 0 Å². The van der Waals surface area contributed by atoms with Crippen molar-refractivity contribution in [3.05, 3.63) is 58.1 Å². The largest absolute Gasteiger partial charge is 0.508 e. The summed E-state index contributed by atoms with van der Waals surface area (Å²) in [5.74, 6) is 0.314. The summed E-state index contributed by atoms with van der Waals surface area (Å²) in [7, 11) is 0. The second-order valence-corrected chi connectivity index (χ2v) is 4.86. The van der Waals surface area contributed by atoms with Crippen LogP contribution in [0.25, 0.3) is 0 Å². The number of aromatic hydroxyl groups is 1. The molecule has 0 aliphatic rings. The summed E-state index contributed by atoms with van der Waals surface area (Å²) in [6.07, 6.45) is 0. The molecule has 17 heavy (non-hydrogen) atoms. The summed E-state index contributed by atoms with van der Waals surface area (Å²) in [4.78, 5) is 0. The predicted octanol–water partition coefficient (Wildman–Crippen LogP) is 4.08. The van der Waals surface area contributed by atoms with Crippen LogP contribution in [-0.4, -0.2) is 5.11 Å². The molecule has 0 radical (unpaired) electrons. The smallest absolute Gasteiger partial charge is 0.120 e. The van der Waals surface area contributed by atoms with E-state index in [1.54, 1.807) is 6.07 Å². The lowest BCUT2D eigenvalue weighted by molar-refractivity contribution is 0.469. The lowest BCUT2D eigenvalue weighted by Gasteiger charge is -2.10. The van der Waals surface area contributed by atoms with Crippen LogP contribution < -0.4 is 5.32 Å². The van der Waals surface area contributed by atoms with Crippen molar-refractivity contribution in [2.75, 3.05) is 5.32 Å². The Morgan fingerprint density at radius 2 is 1.94 bits per heavy atom. The van der Waals surface area contributed by atoms with Gasteiger partial charge in [0.1, 0.15) is 5.75 Å². The molecule has 0 atom stereocenters. The van der Waals surface area contributed by atoms with E-state index in [9.17, 15) is 5.11 Å². The first-order valence-electron chi connectivity index (χ1n) is 5.44. The van der Waals surface area contributed by atoms with E-state index in [-0.39, 0.29) is 0 Å². The average molecular weight is 292 g/mol. The number of aryl methyl sites for hydroxylation is 1. The first-order chi connectivity index (χ1) is 8.16. The molecule has 0 amide bonds. The monoisotopic (exact) mass is 291 g/mol. The zero-order valence-electron chi connectivity index (χ0n) is 9.57. The molecule has 0 aliphatic heterocycles. The molecule has 2 nitrogen and oxygen atoms in total. The van der Waals surface area contributed by atoms with Crippen molar-refractivity contribution in [3.8, 4) is 5.75 Å². The van der Waals surface area contributed by atoms with Crippen LogP contribution in [0.15, 0.2) is 46.9 Å². The maximum absolute atomic E-state index is 9.72. The van der Waals surface area contributed by atoms with Crippen LogP contribution in [-0.2, 0) is 6.54 Å². The van der Waals surface area contributed by atoms with Crippen LogP contribution in [0.5, 0.6) is 5.75 Å². The molecule has 0 aliphatic carbocycles. The molecule has 0 aromatic heterocycles. The lowest BCUT2D eigenvalue weighted by Crippen LogP contribution is -2.01. The lowest BCUT2D eigenvalue weighted by atomic mass is 10.1. The third-order valence-electron chi connectivity index (χ3n) is 2.66. The number of phenolic OH excluding ortho intramolecular Hbond substituents is 1. The van der Waals surface area contributed by atoms with Crippen molar-refractivity contribution in [1.29, 1.82) is 0 Å². The number of para-hydroxylation sites is 1. The van der Waals surface area contributed by atoms with Crippen molar-refractivity contribution in [3.63, 3.8) is 0 Å². The van der Waals surface area contributed by atoms with Crippen LogP contribution in [0.4, 0.5) is 5.69 Å². The van der Waals surface area contributed by atoms with Crippen LogP contribution in [0.3, 0.4) is 0 Å². The van der Waals surface area contributed by atoms with Crippen molar-refractivity contribution < 1.29 is 5.11 Å². The molecule has 0 spiro atoms. The van der Waals surface area contributed by atoms with Gasteiger partial charge in [-0.05, 0) is 36.8 Å². The molecular formula is C14H14BrNO. The minimum Gasteiger partial charge on any atom is -0.508 e. The number of hydrogen-bond acceptors (Lipinski definition) is 2. The van der Waals surface area contributed by atoms with Crippen molar-refractivity contribution in [2.45, 2.75) is 13.5 Å². The first-order valence-corrected chi connectivity index (χ1v) is 6.23. The highest BCUT2D eigenvalue weighted by Gasteiger charge is 2.02. The van der Waals surface area contributed by atoms with E-state index in [4.69, 9.17) is 0 Å². The van der Waals surface area contributed by atoms with Crippen molar-refractivity contribution in [1.82, 2.24) is 0 Å². The molecule has 0 unspecified atom stereocenters. The number of hydrogen-bond donors (Lipinski definition) is 2. The molecule has 0 saturated heterocycles. The summed E-state index contributed by atoms with van der Waals surface area (Å²) < 4.78 is 0.969. The van der Waals surface area contributed by atoms with Gasteiger partial charge in [0.15, 0.2) is 0 Å². The fourth-order valence-corrected chi connectivity index (χ4v) is 2.07. The van der Waals surface area contributed by atoms with Crippen LogP contribution in [0.2, 0.25) is 0 Å². The van der Waals surface area contributed by atoms with Gasteiger partial charge in [0.05, 0.1) is 0 Å². The number of nitrogens with one attached hydrogen (secondary N) is 1. The van der Waals surface area contributed by atoms with Gasteiger partial charge in [0.25, 0.3) is 0 Å². The Bertz CT molecular complexity index is 525. The SMILES string of the molecule is Cc1ccccc1NCc1cc(Br)ccc1O. The molecule has 2 aromatic carbocycles. The highest BCUT2D eigenvalue weighted by molar-refractivity contribution is 9.10. The molecule has 0 bridgehead atoms. The molecule has 88 valence electrons. The molecule has 0 heterocycles. The van der Waals surface area contributed by atoms with Gasteiger partial charge < -0.3 is 10.4 Å². The van der Waals surface area contributed by atoms with E-state index in [2.05, 4.69) is 34.2 Å². The van der Waals surface area contributed by atoms with Gasteiger partial charge in [-0.1, -0.05) is 34.1 Å². The summed E-state index contributed by atoms with van der Waals surface area (Å²) in [5.41, 5.74) is 3.16. The minimum atomic E-state index is 0.314. The van der Waals surface area contributed by atoms with Gasteiger partial charge >= 0.3 is 0 Å². The third kappa shape index (κ3) is 3.01. The van der Waals surface area contributed by atoms with Crippen molar-refractivity contribution >= 4 is 21.6 Å². The topological polar surface area (TPSA) is 32.3 Å². The van der Waals surface area contributed by atoms with Crippen LogP contribution in [0.1, 0.15) is 11.1 Å². The van der Waals surface area contributed by atoms with Gasteiger partial charge in [-0.2, -0.15) is 0 Å². The Kier molecular flexibility index (Phi) is 3.69. The Hall–Kier alpha value is -1.48. The number of phenols is 1. The fraction of sp³-hybridized carbons (Fsp3) is 0.143. The second-order valence-electron chi connectivity index (χ2n) is 3.94. The van der Waals surface area contributed by atoms with E-state index in [0.29, 0.717) is 12.3 Å². The summed E-state index contributed by atoms with van der Waals surface area (Å²) in [6.45, 7) is 2.67. The Balaban J connectivity index is 2.12. The number of halogens is 1. The van der Waals surface area contributed by atoms with Gasteiger partial charge in [-0.25, -0.2) is 0 Å². The second kappa shape index (κ2) is 5.23.